The number of nitrogens with zero attached hydrogens (tertiary/aromatic N) is 3. The fourth-order valence-electron chi connectivity index (χ4n) is 5.04. The van der Waals surface area contributed by atoms with E-state index in [2.05, 4.69) is 15.3 Å². The van der Waals surface area contributed by atoms with E-state index < -0.39 is 36.1 Å². The number of nitrogens with one attached hydrogen (secondary N) is 1. The van der Waals surface area contributed by atoms with Crippen LogP contribution in [0.4, 0.5) is 13.2 Å². The Kier molecular flexibility index (Phi) is 5.72. The molecule has 3 atom stereocenters. The van der Waals surface area contributed by atoms with Gasteiger partial charge in [0.25, 0.3) is 6.43 Å². The minimum Gasteiger partial charge on any atom is -0.388 e. The second-order valence-corrected chi connectivity index (χ2v) is 8.71. The fraction of sp³-hybridized carbons (Fsp3) is 0.417. The summed E-state index contributed by atoms with van der Waals surface area (Å²) in [5.74, 6) is -0.808. The summed E-state index contributed by atoms with van der Waals surface area (Å²) in [6.45, 7) is 2.84. The van der Waals surface area contributed by atoms with E-state index in [1.54, 1.807) is 0 Å². The summed E-state index contributed by atoms with van der Waals surface area (Å²) in [7, 11) is 0. The highest BCUT2D eigenvalue weighted by molar-refractivity contribution is 5.78. The summed E-state index contributed by atoms with van der Waals surface area (Å²) in [5.41, 5.74) is 3.26. The molecule has 3 heterocycles. The number of hydrogen-bond donors (Lipinski definition) is 3. The highest BCUT2D eigenvalue weighted by Crippen LogP contribution is 2.36. The zero-order chi connectivity index (χ0) is 23.3. The van der Waals surface area contributed by atoms with Crippen LogP contribution >= 0.6 is 0 Å². The first-order valence-electron chi connectivity index (χ1n) is 11.0. The van der Waals surface area contributed by atoms with Crippen LogP contribution < -0.4 is 5.32 Å². The van der Waals surface area contributed by atoms with Gasteiger partial charge < -0.3 is 20.1 Å². The van der Waals surface area contributed by atoms with Crippen LogP contribution in [0.5, 0.6) is 0 Å². The summed E-state index contributed by atoms with van der Waals surface area (Å²) in [5, 5.41) is 25.5. The van der Waals surface area contributed by atoms with E-state index in [0.29, 0.717) is 54.7 Å². The number of aliphatic hydroxyl groups excluding tert-OH is 2. The lowest BCUT2D eigenvalue weighted by Gasteiger charge is -2.23. The van der Waals surface area contributed by atoms with Crippen molar-refractivity contribution in [3.8, 4) is 0 Å². The molecule has 0 bridgehead atoms. The van der Waals surface area contributed by atoms with E-state index in [-0.39, 0.29) is 0 Å². The minimum absolute atomic E-state index is 0.356. The third-order valence-corrected chi connectivity index (χ3v) is 6.84. The van der Waals surface area contributed by atoms with Crippen LogP contribution in [-0.4, -0.2) is 43.5 Å². The van der Waals surface area contributed by atoms with E-state index in [1.165, 1.54) is 12.4 Å². The quantitative estimate of drug-likeness (QED) is 0.511. The molecule has 0 saturated carbocycles. The van der Waals surface area contributed by atoms with Crippen LogP contribution in [0.15, 0.2) is 36.3 Å². The lowest BCUT2D eigenvalue weighted by atomic mass is 9.89. The van der Waals surface area contributed by atoms with Crippen LogP contribution in [0.25, 0.3) is 11.0 Å². The molecule has 33 heavy (non-hydrogen) atoms. The molecule has 2 aromatic heterocycles. The summed E-state index contributed by atoms with van der Waals surface area (Å²) < 4.78 is 43.3. The molecule has 3 N–H and O–H groups in total. The monoisotopic (exact) mass is 458 g/mol. The smallest absolute Gasteiger partial charge is 0.266 e. The predicted molar refractivity (Wildman–Crippen MR) is 116 cm³/mol. The molecule has 1 aliphatic heterocycles. The molecule has 0 spiro atoms. The van der Waals surface area contributed by atoms with Gasteiger partial charge in [0.15, 0.2) is 0 Å². The van der Waals surface area contributed by atoms with E-state index in [4.69, 9.17) is 0 Å². The Morgan fingerprint density at radius 1 is 1.21 bits per heavy atom. The first-order chi connectivity index (χ1) is 15.9. The first kappa shape index (κ1) is 22.1. The third-order valence-electron chi connectivity index (χ3n) is 6.84. The molecule has 9 heteroatoms. The zero-order valence-electron chi connectivity index (χ0n) is 18.1. The lowest BCUT2D eigenvalue weighted by Crippen LogP contribution is -2.29. The van der Waals surface area contributed by atoms with Gasteiger partial charge in [-0.25, -0.2) is 23.1 Å². The Bertz CT molecular complexity index is 1240. The molecule has 2 aliphatic rings. The Labute approximate surface area is 188 Å². The maximum atomic E-state index is 14.6. The molecule has 5 rings (SSSR count). The van der Waals surface area contributed by atoms with Crippen LogP contribution in [0.2, 0.25) is 0 Å². The molecule has 0 fully saturated rings. The van der Waals surface area contributed by atoms with Crippen LogP contribution in [0, 0.1) is 12.7 Å². The van der Waals surface area contributed by atoms with Crippen LogP contribution in [0.1, 0.15) is 46.8 Å². The molecule has 0 radical (unpaired) electrons. The predicted octanol–water partition coefficient (Wildman–Crippen LogP) is 3.30. The zero-order valence-corrected chi connectivity index (χ0v) is 18.1. The molecule has 1 aliphatic carbocycles. The number of alkyl halides is 2. The molecule has 3 aromatic rings. The summed E-state index contributed by atoms with van der Waals surface area (Å²) in [4.78, 5) is 8.51. The van der Waals surface area contributed by atoms with Crippen molar-refractivity contribution < 1.29 is 23.4 Å². The molecular weight excluding hydrogens is 433 g/mol. The SMILES string of the molecule is Cc1ncnc2c1ccn2C1C=C(CCc2cc(C(F)F)c(F)c3c2CNCC3)C(O)C1O. The fourth-order valence-corrected chi connectivity index (χ4v) is 5.04. The molecular formula is C24H25F3N4O2. The molecule has 0 amide bonds. The van der Waals surface area contributed by atoms with Gasteiger partial charge in [-0.2, -0.15) is 0 Å². The van der Waals surface area contributed by atoms with Crippen molar-refractivity contribution in [1.29, 1.82) is 0 Å². The van der Waals surface area contributed by atoms with Gasteiger partial charge in [-0.05, 0) is 67.1 Å². The molecule has 3 unspecified atom stereocenters. The van der Waals surface area contributed by atoms with Gasteiger partial charge >= 0.3 is 0 Å². The van der Waals surface area contributed by atoms with Gasteiger partial charge in [-0.1, -0.05) is 6.08 Å². The van der Waals surface area contributed by atoms with Crippen molar-refractivity contribution in [3.05, 3.63) is 70.1 Å². The second-order valence-electron chi connectivity index (χ2n) is 8.71. The Morgan fingerprint density at radius 3 is 2.82 bits per heavy atom. The number of aryl methyl sites for hydroxylation is 2. The molecule has 1 aromatic carbocycles. The van der Waals surface area contributed by atoms with Gasteiger partial charge in [-0.15, -0.1) is 0 Å². The number of fused-ring (bicyclic) bond motifs is 2. The van der Waals surface area contributed by atoms with Crippen LogP contribution in [0.3, 0.4) is 0 Å². The largest absolute Gasteiger partial charge is 0.388 e. The molecule has 174 valence electrons. The standard InChI is InChI=1S/C24H25F3N4O2/c1-12-15-5-7-31(24(15)30-11-29-12)19-9-14(21(32)22(19)33)3-2-13-8-17(23(26)27)20(25)16-4-6-28-10-18(13)16/h5,7-9,11,19,21-23,28,32-33H,2-4,6,10H2,1H3. The number of aromatic nitrogens is 3. The van der Waals surface area contributed by atoms with E-state index in [0.717, 1.165) is 16.6 Å². The van der Waals surface area contributed by atoms with Gasteiger partial charge in [0, 0.05) is 18.1 Å². The van der Waals surface area contributed by atoms with E-state index in [1.807, 2.05) is 29.8 Å². The number of aliphatic hydroxyl groups is 2. The Balaban J connectivity index is 1.44. The van der Waals surface area contributed by atoms with E-state index >= 15 is 0 Å². The number of hydrogen-bond acceptors (Lipinski definition) is 5. The minimum atomic E-state index is -2.89. The van der Waals surface area contributed by atoms with Crippen molar-refractivity contribution in [2.24, 2.45) is 0 Å². The molecule has 0 saturated heterocycles. The van der Waals surface area contributed by atoms with Crippen molar-refractivity contribution in [2.45, 2.75) is 57.4 Å². The first-order valence-corrected chi connectivity index (χ1v) is 11.0. The van der Waals surface area contributed by atoms with Crippen molar-refractivity contribution in [2.75, 3.05) is 6.54 Å². The summed E-state index contributed by atoms with van der Waals surface area (Å²) in [6, 6.07) is 2.61. The topological polar surface area (TPSA) is 83.2 Å². The molecule has 6 nitrogen and oxygen atoms in total. The third kappa shape index (κ3) is 3.74. The lowest BCUT2D eigenvalue weighted by molar-refractivity contribution is 0.0317. The van der Waals surface area contributed by atoms with Gasteiger partial charge in [0.1, 0.15) is 30.0 Å². The van der Waals surface area contributed by atoms with Crippen molar-refractivity contribution >= 4 is 11.0 Å². The van der Waals surface area contributed by atoms with E-state index in [9.17, 15) is 23.4 Å². The van der Waals surface area contributed by atoms with Crippen molar-refractivity contribution in [1.82, 2.24) is 19.9 Å². The van der Waals surface area contributed by atoms with Crippen LogP contribution in [-0.2, 0) is 19.4 Å². The number of rotatable bonds is 5. The average Bonchev–Trinajstić information content (AvgIpc) is 3.35. The van der Waals surface area contributed by atoms with Crippen molar-refractivity contribution in [3.63, 3.8) is 0 Å². The number of halogens is 3. The normalized spacial score (nSPS) is 22.8. The Morgan fingerprint density at radius 2 is 2.03 bits per heavy atom. The van der Waals surface area contributed by atoms with Gasteiger partial charge in [-0.3, -0.25) is 0 Å². The van der Waals surface area contributed by atoms with Gasteiger partial charge in [0.2, 0.25) is 0 Å². The second kappa shape index (κ2) is 8.55. The highest BCUT2D eigenvalue weighted by Gasteiger charge is 2.36. The van der Waals surface area contributed by atoms with Gasteiger partial charge in [0.05, 0.1) is 17.3 Å². The maximum absolute atomic E-state index is 14.6. The highest BCUT2D eigenvalue weighted by atomic mass is 19.3. The summed E-state index contributed by atoms with van der Waals surface area (Å²) in [6.07, 6.45) is 1.14. The Hall–Kier alpha value is -2.75. The average molecular weight is 458 g/mol. The summed E-state index contributed by atoms with van der Waals surface area (Å²) >= 11 is 0. The number of benzene rings is 1. The maximum Gasteiger partial charge on any atom is 0.266 e.